The van der Waals surface area contributed by atoms with Crippen LogP contribution in [0.1, 0.15) is 0 Å². The number of pyridine rings is 1. The van der Waals surface area contributed by atoms with Crippen LogP contribution >= 0.6 is 11.8 Å². The van der Waals surface area contributed by atoms with Crippen molar-refractivity contribution >= 4 is 11.8 Å². The molecular weight excluding hydrogens is 330 g/mol. The number of aromatic nitrogens is 1. The predicted octanol–water partition coefficient (Wildman–Crippen LogP) is 1.29. The summed E-state index contributed by atoms with van der Waals surface area (Å²) in [5.41, 5.74) is 1.10. The predicted molar refractivity (Wildman–Crippen MR) is 91.1 cm³/mol. The lowest BCUT2D eigenvalue weighted by molar-refractivity contribution is -0.0786. The smallest absolute Gasteiger partial charge is 0.173 e. The molecule has 4 atom stereocenters. The van der Waals surface area contributed by atoms with Crippen molar-refractivity contribution in [3.05, 3.63) is 42.6 Å². The molecule has 3 N–H and O–H groups in total. The van der Waals surface area contributed by atoms with Crippen molar-refractivity contribution in [3.63, 3.8) is 0 Å². The third-order valence-corrected chi connectivity index (χ3v) is 5.07. The maximum absolute atomic E-state index is 9.96. The van der Waals surface area contributed by atoms with Gasteiger partial charge in [-0.3, -0.25) is 4.98 Å². The third-order valence-electron chi connectivity index (χ3n) is 3.83. The van der Waals surface area contributed by atoms with Gasteiger partial charge in [0.05, 0.1) is 25.1 Å². The first-order valence-corrected chi connectivity index (χ1v) is 8.56. The minimum absolute atomic E-state index is 0.306. The first kappa shape index (κ1) is 17.0. The van der Waals surface area contributed by atoms with Gasteiger partial charge in [-0.05, 0) is 36.4 Å². The van der Waals surface area contributed by atoms with Crippen molar-refractivity contribution in [3.8, 4) is 22.8 Å². The molecule has 0 unspecified atom stereocenters. The normalized spacial score (nSPS) is 26.8. The van der Waals surface area contributed by atoms with Crippen LogP contribution < -0.4 is 9.47 Å². The lowest BCUT2D eigenvalue weighted by Gasteiger charge is -2.34. The summed E-state index contributed by atoms with van der Waals surface area (Å²) >= 11 is 1.26. The van der Waals surface area contributed by atoms with E-state index in [4.69, 9.17) is 9.47 Å². The Bertz CT molecular complexity index is 664. The Kier molecular flexibility index (Phi) is 5.25. The largest absolute Gasteiger partial charge is 0.497 e. The molecule has 2 heterocycles. The van der Waals surface area contributed by atoms with Gasteiger partial charge in [0.25, 0.3) is 0 Å². The molecule has 1 aromatic heterocycles. The summed E-state index contributed by atoms with van der Waals surface area (Å²) in [6, 6.07) is 11.1. The lowest BCUT2D eigenvalue weighted by atomic mass is 10.1. The molecule has 0 amide bonds. The highest BCUT2D eigenvalue weighted by Crippen LogP contribution is 2.29. The van der Waals surface area contributed by atoms with Crippen LogP contribution in [0.4, 0.5) is 0 Å². The highest BCUT2D eigenvalue weighted by atomic mass is 32.2. The van der Waals surface area contributed by atoms with Crippen molar-refractivity contribution in [2.45, 2.75) is 23.7 Å². The maximum atomic E-state index is 9.96. The summed E-state index contributed by atoms with van der Waals surface area (Å²) in [6.45, 7) is 0. The van der Waals surface area contributed by atoms with Gasteiger partial charge in [-0.15, -0.1) is 11.8 Å². The zero-order chi connectivity index (χ0) is 17.1. The van der Waals surface area contributed by atoms with Crippen LogP contribution in [0.2, 0.25) is 0 Å². The molecule has 1 aliphatic heterocycles. The van der Waals surface area contributed by atoms with E-state index in [0.29, 0.717) is 11.5 Å². The molecule has 6 nitrogen and oxygen atoms in total. The van der Waals surface area contributed by atoms with Gasteiger partial charge in [0.2, 0.25) is 0 Å². The molecule has 1 aliphatic rings. The fourth-order valence-electron chi connectivity index (χ4n) is 2.40. The SMILES string of the molecule is COc1ccc(-c2ccc(O[C@H]3SC[C@@H](O)[C@H](O)[C@H]3O)cn2)cc1. The Labute approximate surface area is 144 Å². The van der Waals surface area contributed by atoms with E-state index in [9.17, 15) is 15.3 Å². The van der Waals surface area contributed by atoms with Gasteiger partial charge in [0, 0.05) is 11.3 Å². The molecule has 0 spiro atoms. The van der Waals surface area contributed by atoms with Crippen molar-refractivity contribution in [2.24, 2.45) is 0 Å². The number of thioether (sulfide) groups is 1. The topological polar surface area (TPSA) is 92.0 Å². The van der Waals surface area contributed by atoms with Crippen LogP contribution in [0.15, 0.2) is 42.6 Å². The fourth-order valence-corrected chi connectivity index (χ4v) is 3.52. The van der Waals surface area contributed by atoms with Gasteiger partial charge in [-0.2, -0.15) is 0 Å². The van der Waals surface area contributed by atoms with Gasteiger partial charge in [-0.25, -0.2) is 0 Å². The standard InChI is InChI=1S/C17H19NO5S/c1-22-11-4-2-10(3-5-11)13-7-6-12(8-18-13)23-17-16(21)15(20)14(19)9-24-17/h2-8,14-17,19-21H,9H2,1H3/t14-,15+,16-,17+/m1/s1. The second-order valence-corrected chi connectivity index (χ2v) is 6.61. The maximum Gasteiger partial charge on any atom is 0.173 e. The molecule has 2 aromatic rings. The van der Waals surface area contributed by atoms with Gasteiger partial charge in [0.15, 0.2) is 5.44 Å². The molecule has 1 aromatic carbocycles. The number of ether oxygens (including phenoxy) is 2. The van der Waals surface area contributed by atoms with Crippen LogP contribution in [-0.2, 0) is 0 Å². The molecule has 24 heavy (non-hydrogen) atoms. The zero-order valence-electron chi connectivity index (χ0n) is 13.1. The second-order valence-electron chi connectivity index (χ2n) is 5.48. The average molecular weight is 349 g/mol. The summed E-state index contributed by atoms with van der Waals surface area (Å²) in [5.74, 6) is 1.58. The Balaban J connectivity index is 1.68. The Morgan fingerprint density at radius 1 is 1.00 bits per heavy atom. The Morgan fingerprint density at radius 3 is 2.33 bits per heavy atom. The first-order chi connectivity index (χ1) is 11.6. The van der Waals surface area contributed by atoms with E-state index in [0.717, 1.165) is 17.0 Å². The van der Waals surface area contributed by atoms with E-state index >= 15 is 0 Å². The molecule has 0 saturated carbocycles. The number of methoxy groups -OCH3 is 1. The van der Waals surface area contributed by atoms with Crippen molar-refractivity contribution in [1.82, 2.24) is 4.98 Å². The number of aliphatic hydroxyl groups is 3. The highest BCUT2D eigenvalue weighted by molar-refractivity contribution is 7.99. The van der Waals surface area contributed by atoms with Crippen molar-refractivity contribution < 1.29 is 24.8 Å². The van der Waals surface area contributed by atoms with Gasteiger partial charge in [-0.1, -0.05) is 0 Å². The van der Waals surface area contributed by atoms with Crippen molar-refractivity contribution in [2.75, 3.05) is 12.9 Å². The van der Waals surface area contributed by atoms with E-state index in [2.05, 4.69) is 4.98 Å². The highest BCUT2D eigenvalue weighted by Gasteiger charge is 2.38. The number of rotatable bonds is 4. The molecule has 0 bridgehead atoms. The minimum Gasteiger partial charge on any atom is -0.497 e. The van der Waals surface area contributed by atoms with Crippen LogP contribution in [0.3, 0.4) is 0 Å². The van der Waals surface area contributed by atoms with E-state index in [1.54, 1.807) is 19.4 Å². The molecule has 7 heteroatoms. The number of nitrogens with zero attached hydrogens (tertiary/aromatic N) is 1. The lowest BCUT2D eigenvalue weighted by Crippen LogP contribution is -2.50. The van der Waals surface area contributed by atoms with E-state index in [1.807, 2.05) is 30.3 Å². The minimum atomic E-state index is -1.21. The third kappa shape index (κ3) is 3.64. The number of aliphatic hydroxyl groups excluding tert-OH is 3. The summed E-state index contributed by atoms with van der Waals surface area (Å²) in [7, 11) is 1.62. The molecule has 1 saturated heterocycles. The van der Waals surface area contributed by atoms with E-state index in [-0.39, 0.29) is 0 Å². The van der Waals surface area contributed by atoms with Crippen molar-refractivity contribution in [1.29, 1.82) is 0 Å². The zero-order valence-corrected chi connectivity index (χ0v) is 13.9. The summed E-state index contributed by atoms with van der Waals surface area (Å²) in [6.07, 6.45) is -1.73. The number of benzene rings is 1. The van der Waals surface area contributed by atoms with E-state index in [1.165, 1.54) is 11.8 Å². The average Bonchev–Trinajstić information content (AvgIpc) is 2.63. The monoisotopic (exact) mass is 349 g/mol. The van der Waals surface area contributed by atoms with Crippen LogP contribution in [0, 0.1) is 0 Å². The summed E-state index contributed by atoms with van der Waals surface area (Å²) in [4.78, 5) is 4.36. The Hall–Kier alpha value is -1.80. The molecule has 1 fully saturated rings. The second kappa shape index (κ2) is 7.40. The van der Waals surface area contributed by atoms with Gasteiger partial charge < -0.3 is 24.8 Å². The fraction of sp³-hybridized carbons (Fsp3) is 0.353. The van der Waals surface area contributed by atoms with Crippen LogP contribution in [0.5, 0.6) is 11.5 Å². The molecule has 128 valence electrons. The molecular formula is C17H19NO5S. The summed E-state index contributed by atoms with van der Waals surface area (Å²) < 4.78 is 10.8. The van der Waals surface area contributed by atoms with E-state index < -0.39 is 23.7 Å². The van der Waals surface area contributed by atoms with Crippen LogP contribution in [0.25, 0.3) is 11.3 Å². The molecule has 0 aliphatic carbocycles. The van der Waals surface area contributed by atoms with Crippen LogP contribution in [-0.4, -0.2) is 56.9 Å². The molecule has 3 rings (SSSR count). The summed E-state index contributed by atoms with van der Waals surface area (Å²) in [5, 5.41) is 29.2. The number of hydrogen-bond acceptors (Lipinski definition) is 7. The Morgan fingerprint density at radius 2 is 1.71 bits per heavy atom. The first-order valence-electron chi connectivity index (χ1n) is 7.51. The molecule has 0 radical (unpaired) electrons. The number of hydrogen-bond donors (Lipinski definition) is 3. The quantitative estimate of drug-likeness (QED) is 0.766. The van der Waals surface area contributed by atoms with Gasteiger partial charge >= 0.3 is 0 Å². The van der Waals surface area contributed by atoms with Gasteiger partial charge in [0.1, 0.15) is 23.7 Å².